The van der Waals surface area contributed by atoms with Crippen LogP contribution >= 0.6 is 0 Å². The molecule has 0 radical (unpaired) electrons. The Morgan fingerprint density at radius 2 is 1.80 bits per heavy atom. The molecule has 0 N–H and O–H groups in total. The molecule has 108 valence electrons. The van der Waals surface area contributed by atoms with Gasteiger partial charge in [-0.05, 0) is 18.6 Å². The molecule has 0 spiro atoms. The summed E-state index contributed by atoms with van der Waals surface area (Å²) >= 11 is 0. The maximum atomic E-state index is 10.6. The van der Waals surface area contributed by atoms with Crippen molar-refractivity contribution >= 4 is 11.4 Å². The molecule has 7 nitrogen and oxygen atoms in total. The molecule has 0 atom stereocenters. The fourth-order valence-electron chi connectivity index (χ4n) is 2.37. The van der Waals surface area contributed by atoms with Gasteiger partial charge in [-0.3, -0.25) is 15.0 Å². The fourth-order valence-corrected chi connectivity index (χ4v) is 2.37. The molecule has 1 aromatic rings. The van der Waals surface area contributed by atoms with Gasteiger partial charge in [-0.2, -0.15) is 4.91 Å². The molecule has 7 heteroatoms. The molecule has 1 saturated heterocycles. The number of hydrogen-bond donors (Lipinski definition) is 0. The zero-order valence-electron chi connectivity index (χ0n) is 11.3. The predicted molar refractivity (Wildman–Crippen MR) is 77.0 cm³/mol. The summed E-state index contributed by atoms with van der Waals surface area (Å²) in [6.07, 6.45) is 0.807. The van der Waals surface area contributed by atoms with Gasteiger partial charge in [0.25, 0.3) is 5.69 Å². The first-order chi connectivity index (χ1) is 9.70. The van der Waals surface area contributed by atoms with E-state index in [0.717, 1.165) is 44.8 Å². The Morgan fingerprint density at radius 3 is 2.35 bits per heavy atom. The van der Waals surface area contributed by atoms with Crippen LogP contribution in [0.5, 0.6) is 0 Å². The molecule has 0 aromatic heterocycles. The second-order valence-electron chi connectivity index (χ2n) is 4.81. The van der Waals surface area contributed by atoms with E-state index in [0.29, 0.717) is 6.54 Å². The Hall–Kier alpha value is -2.02. The van der Waals surface area contributed by atoms with Crippen LogP contribution in [0, 0.1) is 15.0 Å². The van der Waals surface area contributed by atoms with Crippen molar-refractivity contribution < 1.29 is 4.92 Å². The molecular formula is C13H18N4O3. The minimum atomic E-state index is -0.386. The summed E-state index contributed by atoms with van der Waals surface area (Å²) in [5.41, 5.74) is 1.14. The Bertz CT molecular complexity index is 455. The number of piperazine rings is 1. The predicted octanol–water partition coefficient (Wildman–Crippen LogP) is 1.87. The van der Waals surface area contributed by atoms with Crippen molar-refractivity contribution in [2.75, 3.05) is 44.2 Å². The maximum absolute atomic E-state index is 10.6. The third-order valence-corrected chi connectivity index (χ3v) is 3.52. The van der Waals surface area contributed by atoms with Crippen LogP contribution in [0.15, 0.2) is 29.4 Å². The molecule has 1 fully saturated rings. The monoisotopic (exact) mass is 278 g/mol. The molecule has 0 aliphatic carbocycles. The largest absolute Gasteiger partial charge is 0.369 e. The van der Waals surface area contributed by atoms with Crippen LogP contribution in [0.4, 0.5) is 11.4 Å². The van der Waals surface area contributed by atoms with Gasteiger partial charge in [0.05, 0.1) is 11.5 Å². The Kier molecular flexibility index (Phi) is 5.00. The van der Waals surface area contributed by atoms with Crippen molar-refractivity contribution in [2.45, 2.75) is 6.42 Å². The molecule has 1 heterocycles. The summed E-state index contributed by atoms with van der Waals surface area (Å²) in [6, 6.07) is 6.67. The van der Waals surface area contributed by atoms with Crippen molar-refractivity contribution in [3.8, 4) is 0 Å². The number of hydrogen-bond acceptors (Lipinski definition) is 6. The van der Waals surface area contributed by atoms with Crippen LogP contribution in [0.25, 0.3) is 0 Å². The number of rotatable bonds is 6. The zero-order chi connectivity index (χ0) is 14.4. The number of benzene rings is 1. The van der Waals surface area contributed by atoms with Crippen molar-refractivity contribution in [3.05, 3.63) is 39.3 Å². The van der Waals surface area contributed by atoms with Crippen LogP contribution in [0.1, 0.15) is 6.42 Å². The fraction of sp³-hybridized carbons (Fsp3) is 0.538. The molecule has 0 unspecified atom stereocenters. The Morgan fingerprint density at radius 1 is 1.15 bits per heavy atom. The highest BCUT2D eigenvalue weighted by atomic mass is 16.6. The lowest BCUT2D eigenvalue weighted by atomic mass is 10.2. The highest BCUT2D eigenvalue weighted by Crippen LogP contribution is 2.20. The van der Waals surface area contributed by atoms with E-state index in [9.17, 15) is 15.0 Å². The van der Waals surface area contributed by atoms with Crippen LogP contribution in [0.3, 0.4) is 0 Å². The highest BCUT2D eigenvalue weighted by Gasteiger charge is 2.17. The van der Waals surface area contributed by atoms with E-state index in [1.54, 1.807) is 12.1 Å². The summed E-state index contributed by atoms with van der Waals surface area (Å²) in [5, 5.41) is 13.5. The number of nitro groups is 1. The molecule has 1 aromatic carbocycles. The van der Waals surface area contributed by atoms with Crippen molar-refractivity contribution in [2.24, 2.45) is 5.18 Å². The second kappa shape index (κ2) is 6.95. The van der Waals surface area contributed by atoms with Gasteiger partial charge in [0.15, 0.2) is 0 Å². The van der Waals surface area contributed by atoms with Gasteiger partial charge in [0, 0.05) is 50.5 Å². The van der Waals surface area contributed by atoms with E-state index >= 15 is 0 Å². The number of nitrogens with zero attached hydrogens (tertiary/aromatic N) is 4. The molecule has 1 aliphatic rings. The van der Waals surface area contributed by atoms with Crippen LogP contribution in [0.2, 0.25) is 0 Å². The van der Waals surface area contributed by atoms with Crippen molar-refractivity contribution in [3.63, 3.8) is 0 Å². The van der Waals surface area contributed by atoms with Gasteiger partial charge in [-0.1, -0.05) is 5.18 Å². The Balaban J connectivity index is 1.84. The molecule has 0 saturated carbocycles. The average molecular weight is 278 g/mol. The van der Waals surface area contributed by atoms with Crippen molar-refractivity contribution in [1.82, 2.24) is 4.90 Å². The maximum Gasteiger partial charge on any atom is 0.269 e. The molecule has 1 aliphatic heterocycles. The minimum absolute atomic E-state index is 0.119. The lowest BCUT2D eigenvalue weighted by Crippen LogP contribution is -2.46. The third-order valence-electron chi connectivity index (χ3n) is 3.52. The number of nitro benzene ring substituents is 1. The quantitative estimate of drug-likeness (QED) is 0.343. The van der Waals surface area contributed by atoms with Crippen molar-refractivity contribution in [1.29, 1.82) is 0 Å². The van der Waals surface area contributed by atoms with Crippen LogP contribution in [-0.2, 0) is 0 Å². The van der Waals surface area contributed by atoms with E-state index in [1.165, 1.54) is 12.1 Å². The highest BCUT2D eigenvalue weighted by molar-refractivity contribution is 5.51. The van der Waals surface area contributed by atoms with Crippen LogP contribution in [-0.4, -0.2) is 49.1 Å². The lowest BCUT2D eigenvalue weighted by molar-refractivity contribution is -0.384. The lowest BCUT2D eigenvalue weighted by Gasteiger charge is -2.36. The first-order valence-electron chi connectivity index (χ1n) is 6.71. The van der Waals surface area contributed by atoms with Gasteiger partial charge in [0.1, 0.15) is 0 Å². The van der Waals surface area contributed by atoms with E-state index in [-0.39, 0.29) is 10.6 Å². The Labute approximate surface area is 117 Å². The third kappa shape index (κ3) is 3.74. The summed E-state index contributed by atoms with van der Waals surface area (Å²) < 4.78 is 0. The molecule has 20 heavy (non-hydrogen) atoms. The standard InChI is InChI=1S/C13H18N4O3/c18-14-6-1-7-15-8-10-16(11-9-15)12-2-4-13(5-3-12)17(19)20/h2-5H,1,6-11H2. The smallest absolute Gasteiger partial charge is 0.269 e. The summed E-state index contributed by atoms with van der Waals surface area (Å²) in [5.74, 6) is 0. The first kappa shape index (κ1) is 14.4. The minimum Gasteiger partial charge on any atom is -0.369 e. The van der Waals surface area contributed by atoms with Gasteiger partial charge in [-0.15, -0.1) is 0 Å². The molecule has 0 amide bonds. The summed E-state index contributed by atoms with van der Waals surface area (Å²) in [4.78, 5) is 24.8. The van der Waals surface area contributed by atoms with E-state index in [1.807, 2.05) is 0 Å². The first-order valence-corrected chi connectivity index (χ1v) is 6.71. The number of non-ortho nitro benzene ring substituents is 1. The van der Waals surface area contributed by atoms with Gasteiger partial charge in [0.2, 0.25) is 0 Å². The normalized spacial score (nSPS) is 16.1. The van der Waals surface area contributed by atoms with Crippen LogP contribution < -0.4 is 4.90 Å². The molecule has 0 bridgehead atoms. The van der Waals surface area contributed by atoms with E-state index in [4.69, 9.17) is 0 Å². The SMILES string of the molecule is O=NCCCN1CCN(c2ccc([N+](=O)[O-])cc2)CC1. The second-order valence-corrected chi connectivity index (χ2v) is 4.81. The summed E-state index contributed by atoms with van der Waals surface area (Å²) in [6.45, 7) is 4.95. The molecule has 2 rings (SSSR count). The van der Waals surface area contributed by atoms with Gasteiger partial charge in [-0.25, -0.2) is 0 Å². The van der Waals surface area contributed by atoms with Gasteiger partial charge >= 0.3 is 0 Å². The van der Waals surface area contributed by atoms with Gasteiger partial charge < -0.3 is 4.90 Å². The van der Waals surface area contributed by atoms with E-state index < -0.39 is 0 Å². The molecular weight excluding hydrogens is 260 g/mol. The zero-order valence-corrected chi connectivity index (χ0v) is 11.3. The topological polar surface area (TPSA) is 79.0 Å². The summed E-state index contributed by atoms with van der Waals surface area (Å²) in [7, 11) is 0. The van der Waals surface area contributed by atoms with E-state index in [2.05, 4.69) is 15.0 Å². The number of anilines is 1. The number of nitroso groups, excluding NO2 is 1. The average Bonchev–Trinajstić information content (AvgIpc) is 2.48.